The maximum absolute atomic E-state index is 9.39. The Morgan fingerprint density at radius 1 is 1.00 bits per heavy atom. The molecule has 1 N–H and O–H groups in total. The zero-order valence-electron chi connectivity index (χ0n) is 8.56. The minimum absolute atomic E-state index is 0.0345. The Hall–Kier alpha value is -1.67. The van der Waals surface area contributed by atoms with Crippen LogP contribution >= 0.6 is 11.6 Å². The molecule has 2 aromatic carbocycles. The van der Waals surface area contributed by atoms with Gasteiger partial charge in [-0.2, -0.15) is 0 Å². The lowest BCUT2D eigenvalue weighted by Crippen LogP contribution is -1.95. The van der Waals surface area contributed by atoms with Gasteiger partial charge in [-0.1, -0.05) is 48.0 Å². The van der Waals surface area contributed by atoms with Crippen LogP contribution in [0.25, 0.3) is 0 Å². The molecule has 0 aliphatic heterocycles. The fraction of sp³-hybridized carbons (Fsp3) is 0.0769. The van der Waals surface area contributed by atoms with Crippen LogP contribution in [0.1, 0.15) is 5.56 Å². The van der Waals surface area contributed by atoms with Crippen molar-refractivity contribution in [1.82, 2.24) is 0 Å². The van der Waals surface area contributed by atoms with Gasteiger partial charge < -0.3 is 9.84 Å². The molecule has 0 fully saturated rings. The van der Waals surface area contributed by atoms with Crippen LogP contribution in [-0.2, 0) is 6.61 Å². The second-order valence-corrected chi connectivity index (χ2v) is 3.74. The van der Waals surface area contributed by atoms with Crippen molar-refractivity contribution in [2.75, 3.05) is 0 Å². The largest absolute Gasteiger partial charge is 0.506 e. The van der Waals surface area contributed by atoms with E-state index in [0.29, 0.717) is 12.4 Å². The van der Waals surface area contributed by atoms with Gasteiger partial charge in [0.15, 0.2) is 0 Å². The number of rotatable bonds is 3. The van der Waals surface area contributed by atoms with Gasteiger partial charge in [0.05, 0.1) is 0 Å². The molecular weight excluding hydrogens is 224 g/mol. The van der Waals surface area contributed by atoms with Crippen molar-refractivity contribution in [3.63, 3.8) is 0 Å². The van der Waals surface area contributed by atoms with E-state index in [-0.39, 0.29) is 10.8 Å². The summed E-state index contributed by atoms with van der Waals surface area (Å²) in [5, 5.41) is 9.63. The number of benzene rings is 2. The molecule has 82 valence electrons. The van der Waals surface area contributed by atoms with E-state index >= 15 is 0 Å². The van der Waals surface area contributed by atoms with Crippen molar-refractivity contribution >= 4 is 11.6 Å². The van der Waals surface area contributed by atoms with Gasteiger partial charge in [-0.25, -0.2) is 0 Å². The Morgan fingerprint density at radius 2 is 1.75 bits per heavy atom. The Balaban J connectivity index is 2.08. The first-order chi connectivity index (χ1) is 7.77. The highest BCUT2D eigenvalue weighted by Gasteiger charge is 2.05. The summed E-state index contributed by atoms with van der Waals surface area (Å²) in [5.74, 6) is 0.526. The average molecular weight is 235 g/mol. The van der Waals surface area contributed by atoms with Crippen LogP contribution in [0, 0.1) is 0 Å². The van der Waals surface area contributed by atoms with Gasteiger partial charge >= 0.3 is 0 Å². The zero-order valence-corrected chi connectivity index (χ0v) is 9.32. The smallest absolute Gasteiger partial charge is 0.142 e. The van der Waals surface area contributed by atoms with Crippen molar-refractivity contribution < 1.29 is 9.84 Å². The number of hydrogen-bond donors (Lipinski definition) is 1. The van der Waals surface area contributed by atoms with Gasteiger partial charge in [0.25, 0.3) is 0 Å². The van der Waals surface area contributed by atoms with E-state index < -0.39 is 0 Å². The van der Waals surface area contributed by atoms with E-state index in [9.17, 15) is 5.11 Å². The molecule has 0 spiro atoms. The molecule has 0 atom stereocenters. The first kappa shape index (κ1) is 10.8. The molecule has 2 rings (SSSR count). The minimum Gasteiger partial charge on any atom is -0.506 e. The molecule has 3 heteroatoms. The predicted octanol–water partition coefficient (Wildman–Crippen LogP) is 3.62. The van der Waals surface area contributed by atoms with Crippen LogP contribution in [0.5, 0.6) is 11.5 Å². The fourth-order valence-corrected chi connectivity index (χ4v) is 1.53. The number of aromatic hydroxyl groups is 1. The molecule has 2 nitrogen and oxygen atoms in total. The zero-order chi connectivity index (χ0) is 11.4. The molecule has 0 aromatic heterocycles. The van der Waals surface area contributed by atoms with Gasteiger partial charge in [-0.3, -0.25) is 0 Å². The topological polar surface area (TPSA) is 29.5 Å². The fourth-order valence-electron chi connectivity index (χ4n) is 1.35. The second kappa shape index (κ2) is 4.90. The van der Waals surface area contributed by atoms with E-state index in [0.717, 1.165) is 5.56 Å². The normalized spacial score (nSPS) is 10.1. The van der Waals surface area contributed by atoms with Gasteiger partial charge in [0.2, 0.25) is 0 Å². The molecule has 0 bridgehead atoms. The lowest BCUT2D eigenvalue weighted by Gasteiger charge is -2.08. The molecule has 0 radical (unpaired) electrons. The van der Waals surface area contributed by atoms with Crippen LogP contribution in [0.3, 0.4) is 0 Å². The van der Waals surface area contributed by atoms with Crippen molar-refractivity contribution in [2.24, 2.45) is 0 Å². The van der Waals surface area contributed by atoms with Crippen LogP contribution in [0.4, 0.5) is 0 Å². The summed E-state index contributed by atoms with van der Waals surface area (Å²) in [6, 6.07) is 14.7. The van der Waals surface area contributed by atoms with Crippen LogP contribution in [0.2, 0.25) is 5.02 Å². The lowest BCUT2D eigenvalue weighted by molar-refractivity contribution is 0.304. The van der Waals surface area contributed by atoms with E-state index in [2.05, 4.69) is 0 Å². The molecule has 0 aliphatic rings. The maximum Gasteiger partial charge on any atom is 0.142 e. The highest BCUT2D eigenvalue weighted by Crippen LogP contribution is 2.32. The summed E-state index contributed by atoms with van der Waals surface area (Å²) in [6.45, 7) is 0.435. The molecule has 2 aromatic rings. The Kier molecular flexibility index (Phi) is 3.32. The highest BCUT2D eigenvalue weighted by atomic mass is 35.5. The van der Waals surface area contributed by atoms with E-state index in [1.54, 1.807) is 12.1 Å². The van der Waals surface area contributed by atoms with Gasteiger partial charge in [0.1, 0.15) is 23.1 Å². The van der Waals surface area contributed by atoms with Crippen LogP contribution in [-0.4, -0.2) is 5.11 Å². The van der Waals surface area contributed by atoms with Gasteiger partial charge in [-0.05, 0) is 17.7 Å². The quantitative estimate of drug-likeness (QED) is 0.879. The number of halogens is 1. The van der Waals surface area contributed by atoms with Crippen molar-refractivity contribution in [2.45, 2.75) is 6.61 Å². The van der Waals surface area contributed by atoms with Crippen molar-refractivity contribution in [1.29, 1.82) is 0 Å². The van der Waals surface area contributed by atoms with Crippen molar-refractivity contribution in [3.05, 3.63) is 59.1 Å². The Labute approximate surface area is 99.1 Å². The third-order valence-electron chi connectivity index (χ3n) is 2.18. The molecule has 0 saturated carbocycles. The molecular formula is C13H11ClO2. The van der Waals surface area contributed by atoms with E-state index in [1.807, 2.05) is 30.3 Å². The van der Waals surface area contributed by atoms with Crippen LogP contribution in [0.15, 0.2) is 48.5 Å². The third-order valence-corrected chi connectivity index (χ3v) is 2.56. The molecule has 0 aliphatic carbocycles. The Morgan fingerprint density at radius 3 is 2.50 bits per heavy atom. The van der Waals surface area contributed by atoms with E-state index in [4.69, 9.17) is 16.3 Å². The molecule has 0 amide bonds. The number of phenols is 1. The van der Waals surface area contributed by atoms with Gasteiger partial charge in [-0.15, -0.1) is 0 Å². The van der Waals surface area contributed by atoms with Crippen LogP contribution < -0.4 is 4.74 Å². The second-order valence-electron chi connectivity index (χ2n) is 3.36. The number of hydrogen-bond acceptors (Lipinski definition) is 2. The van der Waals surface area contributed by atoms with Gasteiger partial charge in [0, 0.05) is 0 Å². The van der Waals surface area contributed by atoms with Crippen molar-refractivity contribution in [3.8, 4) is 11.5 Å². The lowest BCUT2D eigenvalue weighted by atomic mass is 10.2. The first-order valence-electron chi connectivity index (χ1n) is 4.91. The molecule has 0 saturated heterocycles. The van der Waals surface area contributed by atoms with E-state index in [1.165, 1.54) is 6.07 Å². The summed E-state index contributed by atoms with van der Waals surface area (Å²) >= 11 is 5.88. The molecule has 0 heterocycles. The maximum atomic E-state index is 9.39. The summed E-state index contributed by atoms with van der Waals surface area (Å²) in [7, 11) is 0. The summed E-state index contributed by atoms with van der Waals surface area (Å²) in [5.41, 5.74) is 1.06. The SMILES string of the molecule is Oc1cccc(OCc2ccccc2)c1Cl. The number of phenolic OH excluding ortho intramolecular Hbond substituents is 1. The highest BCUT2D eigenvalue weighted by molar-refractivity contribution is 6.33. The molecule has 16 heavy (non-hydrogen) atoms. The minimum atomic E-state index is 0.0345. The monoisotopic (exact) mass is 234 g/mol. The Bertz CT molecular complexity index is 469. The summed E-state index contributed by atoms with van der Waals surface area (Å²) in [4.78, 5) is 0. The average Bonchev–Trinajstić information content (AvgIpc) is 2.32. The predicted molar refractivity (Wildman–Crippen MR) is 63.9 cm³/mol. The number of ether oxygens (including phenoxy) is 1. The third kappa shape index (κ3) is 2.47. The standard InChI is InChI=1S/C13H11ClO2/c14-13-11(15)7-4-8-12(13)16-9-10-5-2-1-3-6-10/h1-8,15H,9H2. The first-order valence-corrected chi connectivity index (χ1v) is 5.29. The molecule has 0 unspecified atom stereocenters. The summed E-state index contributed by atoms with van der Waals surface area (Å²) in [6.07, 6.45) is 0. The summed E-state index contributed by atoms with van der Waals surface area (Å²) < 4.78 is 5.51.